The molecule has 0 heterocycles. The van der Waals surface area contributed by atoms with Gasteiger partial charge in [0.2, 0.25) is 5.91 Å². The number of rotatable bonds is 9. The highest BCUT2D eigenvalue weighted by Gasteiger charge is 2.08. The van der Waals surface area contributed by atoms with Gasteiger partial charge in [-0.05, 0) is 49.2 Å². The van der Waals surface area contributed by atoms with Crippen molar-refractivity contribution in [2.45, 2.75) is 20.3 Å². The van der Waals surface area contributed by atoms with Crippen LogP contribution in [0.1, 0.15) is 25.0 Å². The van der Waals surface area contributed by atoms with Crippen molar-refractivity contribution in [3.8, 4) is 11.5 Å². The number of methoxy groups -OCH3 is 2. The average molecular weight is 369 g/mol. The number of hydrogen-bond acceptors (Lipinski definition) is 5. The highest BCUT2D eigenvalue weighted by atomic mass is 16.5. The fourth-order valence-corrected chi connectivity index (χ4v) is 2.75. The first kappa shape index (κ1) is 20.3. The standard InChI is InChI=1S/C21H27N3O3/c1-5-24(6-2)18-10-7-16(8-11-18)15-22-23-21(25)14-17-9-12-19(26-3)20(13-17)27-4/h7-13,15H,5-6,14H2,1-4H3,(H,23,25). The number of carbonyl (C=O) groups excluding carboxylic acids is 1. The van der Waals surface area contributed by atoms with E-state index in [0.717, 1.165) is 24.2 Å². The van der Waals surface area contributed by atoms with Crippen LogP contribution in [0.2, 0.25) is 0 Å². The number of amides is 1. The molecule has 2 aromatic rings. The summed E-state index contributed by atoms with van der Waals surface area (Å²) in [5, 5.41) is 4.03. The smallest absolute Gasteiger partial charge is 0.244 e. The van der Waals surface area contributed by atoms with Gasteiger partial charge in [-0.3, -0.25) is 4.79 Å². The summed E-state index contributed by atoms with van der Waals surface area (Å²) in [5.74, 6) is 1.03. The summed E-state index contributed by atoms with van der Waals surface area (Å²) in [4.78, 5) is 14.3. The van der Waals surface area contributed by atoms with Crippen LogP contribution >= 0.6 is 0 Å². The minimum Gasteiger partial charge on any atom is -0.493 e. The van der Waals surface area contributed by atoms with Crippen molar-refractivity contribution in [2.24, 2.45) is 5.10 Å². The van der Waals surface area contributed by atoms with Crippen molar-refractivity contribution in [1.29, 1.82) is 0 Å². The van der Waals surface area contributed by atoms with Crippen LogP contribution in [0.15, 0.2) is 47.6 Å². The molecule has 27 heavy (non-hydrogen) atoms. The number of hydrogen-bond donors (Lipinski definition) is 1. The molecule has 144 valence electrons. The Hall–Kier alpha value is -3.02. The van der Waals surface area contributed by atoms with Gasteiger partial charge < -0.3 is 14.4 Å². The maximum atomic E-state index is 12.1. The zero-order valence-electron chi connectivity index (χ0n) is 16.4. The molecule has 0 radical (unpaired) electrons. The van der Waals surface area contributed by atoms with Crippen LogP contribution in [-0.2, 0) is 11.2 Å². The van der Waals surface area contributed by atoms with E-state index in [1.165, 1.54) is 5.69 Å². The Morgan fingerprint density at radius 2 is 1.70 bits per heavy atom. The number of hydrazone groups is 1. The second-order valence-electron chi connectivity index (χ2n) is 5.92. The van der Waals surface area contributed by atoms with Gasteiger partial charge in [0.1, 0.15) is 0 Å². The molecule has 0 aliphatic heterocycles. The Labute approximate surface area is 160 Å². The van der Waals surface area contributed by atoms with Crippen LogP contribution in [0.25, 0.3) is 0 Å². The Morgan fingerprint density at radius 1 is 1.04 bits per heavy atom. The predicted octanol–water partition coefficient (Wildman–Crippen LogP) is 3.24. The summed E-state index contributed by atoms with van der Waals surface area (Å²) in [6.45, 7) is 6.20. The molecule has 2 rings (SSSR count). The number of ether oxygens (including phenoxy) is 2. The van der Waals surface area contributed by atoms with Crippen LogP contribution in [0.4, 0.5) is 5.69 Å². The molecule has 1 amide bonds. The van der Waals surface area contributed by atoms with Crippen molar-refractivity contribution in [1.82, 2.24) is 5.43 Å². The van der Waals surface area contributed by atoms with E-state index in [-0.39, 0.29) is 12.3 Å². The van der Waals surface area contributed by atoms with Crippen LogP contribution < -0.4 is 19.8 Å². The van der Waals surface area contributed by atoms with Gasteiger partial charge in [-0.25, -0.2) is 5.43 Å². The third-order valence-electron chi connectivity index (χ3n) is 4.24. The van der Waals surface area contributed by atoms with E-state index in [1.807, 2.05) is 18.2 Å². The van der Waals surface area contributed by atoms with Gasteiger partial charge in [0.15, 0.2) is 11.5 Å². The number of benzene rings is 2. The highest BCUT2D eigenvalue weighted by molar-refractivity contribution is 5.83. The van der Waals surface area contributed by atoms with E-state index in [0.29, 0.717) is 11.5 Å². The minimum atomic E-state index is -0.196. The van der Waals surface area contributed by atoms with E-state index < -0.39 is 0 Å². The quantitative estimate of drug-likeness (QED) is 0.544. The molecule has 0 aliphatic rings. The van der Waals surface area contributed by atoms with Crippen LogP contribution in [-0.4, -0.2) is 39.4 Å². The maximum Gasteiger partial charge on any atom is 0.244 e. The molecule has 0 saturated heterocycles. The van der Waals surface area contributed by atoms with Gasteiger partial charge in [-0.1, -0.05) is 18.2 Å². The highest BCUT2D eigenvalue weighted by Crippen LogP contribution is 2.27. The Morgan fingerprint density at radius 3 is 2.30 bits per heavy atom. The van der Waals surface area contributed by atoms with E-state index in [2.05, 4.69) is 41.4 Å². The summed E-state index contributed by atoms with van der Waals surface area (Å²) in [5.41, 5.74) is 5.48. The fourth-order valence-electron chi connectivity index (χ4n) is 2.75. The summed E-state index contributed by atoms with van der Waals surface area (Å²) < 4.78 is 10.4. The van der Waals surface area contributed by atoms with E-state index in [4.69, 9.17) is 9.47 Å². The molecule has 0 aromatic heterocycles. The first-order chi connectivity index (χ1) is 13.1. The molecule has 0 saturated carbocycles. The van der Waals surface area contributed by atoms with Crippen LogP contribution in [0.5, 0.6) is 11.5 Å². The molecule has 0 bridgehead atoms. The van der Waals surface area contributed by atoms with Crippen LogP contribution in [0, 0.1) is 0 Å². The van der Waals surface area contributed by atoms with Gasteiger partial charge in [0.25, 0.3) is 0 Å². The molecule has 0 fully saturated rings. The van der Waals surface area contributed by atoms with Gasteiger partial charge in [0.05, 0.1) is 26.9 Å². The van der Waals surface area contributed by atoms with Gasteiger partial charge in [-0.2, -0.15) is 5.10 Å². The normalized spacial score (nSPS) is 10.7. The lowest BCUT2D eigenvalue weighted by molar-refractivity contribution is -0.120. The van der Waals surface area contributed by atoms with E-state index in [9.17, 15) is 4.79 Å². The zero-order chi connectivity index (χ0) is 19.6. The number of carbonyl (C=O) groups is 1. The lowest BCUT2D eigenvalue weighted by Crippen LogP contribution is -2.21. The summed E-state index contributed by atoms with van der Waals surface area (Å²) in [7, 11) is 3.14. The summed E-state index contributed by atoms with van der Waals surface area (Å²) in [6, 6.07) is 13.5. The minimum absolute atomic E-state index is 0.196. The number of nitrogens with zero attached hydrogens (tertiary/aromatic N) is 2. The second-order valence-corrected chi connectivity index (χ2v) is 5.92. The summed E-state index contributed by atoms with van der Waals surface area (Å²) >= 11 is 0. The van der Waals surface area contributed by atoms with Crippen molar-refractivity contribution >= 4 is 17.8 Å². The molecular formula is C21H27N3O3. The molecule has 6 heteroatoms. The second kappa shape index (κ2) is 10.2. The Balaban J connectivity index is 1.91. The number of nitrogens with one attached hydrogen (secondary N) is 1. The van der Waals surface area contributed by atoms with Crippen molar-refractivity contribution in [3.63, 3.8) is 0 Å². The predicted molar refractivity (Wildman–Crippen MR) is 109 cm³/mol. The molecular weight excluding hydrogens is 342 g/mol. The monoisotopic (exact) mass is 369 g/mol. The summed E-state index contributed by atoms with van der Waals surface area (Å²) in [6.07, 6.45) is 1.84. The fraction of sp³-hybridized carbons (Fsp3) is 0.333. The van der Waals surface area contributed by atoms with E-state index >= 15 is 0 Å². The first-order valence-electron chi connectivity index (χ1n) is 8.99. The SMILES string of the molecule is CCN(CC)c1ccc(C=NNC(=O)Cc2ccc(OC)c(OC)c2)cc1. The molecule has 0 aliphatic carbocycles. The van der Waals surface area contributed by atoms with Crippen molar-refractivity contribution in [2.75, 3.05) is 32.2 Å². The third-order valence-corrected chi connectivity index (χ3v) is 4.24. The molecule has 0 unspecified atom stereocenters. The number of anilines is 1. The Bertz CT molecular complexity index is 769. The lowest BCUT2D eigenvalue weighted by atomic mass is 10.1. The molecule has 6 nitrogen and oxygen atoms in total. The largest absolute Gasteiger partial charge is 0.493 e. The van der Waals surface area contributed by atoms with Crippen molar-refractivity contribution < 1.29 is 14.3 Å². The zero-order valence-corrected chi connectivity index (χ0v) is 16.4. The molecule has 0 atom stereocenters. The maximum absolute atomic E-state index is 12.1. The molecule has 2 aromatic carbocycles. The third kappa shape index (κ3) is 5.74. The van der Waals surface area contributed by atoms with Crippen LogP contribution in [0.3, 0.4) is 0 Å². The topological polar surface area (TPSA) is 63.2 Å². The van der Waals surface area contributed by atoms with Gasteiger partial charge in [-0.15, -0.1) is 0 Å². The van der Waals surface area contributed by atoms with Gasteiger partial charge >= 0.3 is 0 Å². The molecule has 0 spiro atoms. The average Bonchev–Trinajstić information content (AvgIpc) is 2.70. The van der Waals surface area contributed by atoms with Gasteiger partial charge in [0, 0.05) is 18.8 Å². The Kier molecular flexibility index (Phi) is 7.67. The molecule has 1 N–H and O–H groups in total. The van der Waals surface area contributed by atoms with Crippen molar-refractivity contribution in [3.05, 3.63) is 53.6 Å². The first-order valence-corrected chi connectivity index (χ1v) is 8.99. The lowest BCUT2D eigenvalue weighted by Gasteiger charge is -2.20. The van der Waals surface area contributed by atoms with E-state index in [1.54, 1.807) is 32.6 Å².